The van der Waals surface area contributed by atoms with E-state index in [0.717, 1.165) is 19.3 Å². The van der Waals surface area contributed by atoms with Crippen molar-refractivity contribution in [2.24, 2.45) is 22.5 Å². The molecule has 0 aliphatic heterocycles. The standard InChI is InChI=1S/C13H24N2OS/c1-9(12(2,3)4)8-15-11(16)13(10(14)17)6-5-7-13/h9H,5-8H2,1-4H3,(H2,14,17)(H,15,16). The Labute approximate surface area is 110 Å². The van der Waals surface area contributed by atoms with Crippen LogP contribution in [0.3, 0.4) is 0 Å². The molecule has 4 heteroatoms. The summed E-state index contributed by atoms with van der Waals surface area (Å²) < 4.78 is 0. The highest BCUT2D eigenvalue weighted by Gasteiger charge is 2.46. The minimum absolute atomic E-state index is 0.0207. The number of nitrogens with two attached hydrogens (primary N) is 1. The smallest absolute Gasteiger partial charge is 0.233 e. The number of rotatable bonds is 4. The second-order valence-corrected chi connectivity index (χ2v) is 6.72. The molecule has 0 aromatic carbocycles. The average Bonchev–Trinajstić information content (AvgIpc) is 2.09. The molecule has 1 fully saturated rings. The Morgan fingerprint density at radius 1 is 1.47 bits per heavy atom. The number of carbonyl (C=O) groups excluding carboxylic acids is 1. The van der Waals surface area contributed by atoms with Crippen LogP contribution in [0.25, 0.3) is 0 Å². The highest BCUT2D eigenvalue weighted by molar-refractivity contribution is 7.80. The van der Waals surface area contributed by atoms with Gasteiger partial charge in [-0.15, -0.1) is 0 Å². The largest absolute Gasteiger partial charge is 0.392 e. The van der Waals surface area contributed by atoms with E-state index in [1.165, 1.54) is 0 Å². The molecule has 0 aromatic heterocycles. The molecule has 3 N–H and O–H groups in total. The van der Waals surface area contributed by atoms with Crippen molar-refractivity contribution in [1.82, 2.24) is 5.32 Å². The van der Waals surface area contributed by atoms with Gasteiger partial charge in [-0.25, -0.2) is 0 Å². The lowest BCUT2D eigenvalue weighted by molar-refractivity contribution is -0.131. The van der Waals surface area contributed by atoms with E-state index in [9.17, 15) is 4.79 Å². The molecular formula is C13H24N2OS. The van der Waals surface area contributed by atoms with Gasteiger partial charge in [0.15, 0.2) is 0 Å². The first-order valence-electron chi connectivity index (χ1n) is 6.28. The van der Waals surface area contributed by atoms with Gasteiger partial charge in [0.05, 0.1) is 10.4 Å². The summed E-state index contributed by atoms with van der Waals surface area (Å²) in [5.41, 5.74) is 5.35. The zero-order valence-corrected chi connectivity index (χ0v) is 12.1. The highest BCUT2D eigenvalue weighted by Crippen LogP contribution is 2.41. The van der Waals surface area contributed by atoms with E-state index >= 15 is 0 Å². The Bertz CT molecular complexity index is 316. The van der Waals surface area contributed by atoms with Crippen molar-refractivity contribution < 1.29 is 4.79 Å². The van der Waals surface area contributed by atoms with Crippen molar-refractivity contribution in [3.05, 3.63) is 0 Å². The predicted octanol–water partition coefficient (Wildman–Crippen LogP) is 2.24. The van der Waals surface area contributed by atoms with Gasteiger partial charge in [0.25, 0.3) is 0 Å². The summed E-state index contributed by atoms with van der Waals surface area (Å²) in [7, 11) is 0. The van der Waals surface area contributed by atoms with Gasteiger partial charge in [-0.3, -0.25) is 4.79 Å². The molecule has 1 atom stereocenters. The summed E-state index contributed by atoms with van der Waals surface area (Å²) in [4.78, 5) is 12.5. The predicted molar refractivity (Wildman–Crippen MR) is 74.7 cm³/mol. The lowest BCUT2D eigenvalue weighted by Crippen LogP contribution is -2.54. The van der Waals surface area contributed by atoms with E-state index in [2.05, 4.69) is 33.0 Å². The van der Waals surface area contributed by atoms with Gasteiger partial charge in [-0.05, 0) is 24.2 Å². The van der Waals surface area contributed by atoms with Gasteiger partial charge < -0.3 is 11.1 Å². The minimum Gasteiger partial charge on any atom is -0.392 e. The van der Waals surface area contributed by atoms with E-state index in [-0.39, 0.29) is 11.3 Å². The van der Waals surface area contributed by atoms with E-state index in [0.29, 0.717) is 17.5 Å². The second kappa shape index (κ2) is 4.92. The summed E-state index contributed by atoms with van der Waals surface area (Å²) >= 11 is 5.03. The third-order valence-corrected chi connectivity index (χ3v) is 4.55. The van der Waals surface area contributed by atoms with Crippen LogP contribution in [-0.2, 0) is 4.79 Å². The molecule has 0 saturated heterocycles. The molecule has 1 saturated carbocycles. The summed E-state index contributed by atoms with van der Waals surface area (Å²) in [5, 5.41) is 3.01. The highest BCUT2D eigenvalue weighted by atomic mass is 32.1. The fraction of sp³-hybridized carbons (Fsp3) is 0.846. The maximum absolute atomic E-state index is 12.1. The van der Waals surface area contributed by atoms with Crippen LogP contribution >= 0.6 is 12.2 Å². The minimum atomic E-state index is -0.549. The zero-order valence-electron chi connectivity index (χ0n) is 11.3. The first-order valence-corrected chi connectivity index (χ1v) is 6.69. The van der Waals surface area contributed by atoms with Crippen molar-refractivity contribution in [2.75, 3.05) is 6.54 Å². The first-order chi connectivity index (χ1) is 7.70. The summed E-state index contributed by atoms with van der Waals surface area (Å²) in [6, 6.07) is 0. The van der Waals surface area contributed by atoms with Gasteiger partial charge in [0, 0.05) is 6.54 Å². The molecule has 1 aliphatic rings. The van der Waals surface area contributed by atoms with Crippen LogP contribution in [0.2, 0.25) is 0 Å². The summed E-state index contributed by atoms with van der Waals surface area (Å²) in [5.74, 6) is 0.447. The topological polar surface area (TPSA) is 55.1 Å². The van der Waals surface area contributed by atoms with Crippen molar-refractivity contribution in [2.45, 2.75) is 47.0 Å². The molecule has 0 radical (unpaired) electrons. The number of hydrogen-bond donors (Lipinski definition) is 2. The maximum Gasteiger partial charge on any atom is 0.233 e. The quantitative estimate of drug-likeness (QED) is 0.759. The molecule has 1 aliphatic carbocycles. The molecule has 1 rings (SSSR count). The van der Waals surface area contributed by atoms with Crippen LogP contribution in [0, 0.1) is 16.7 Å². The Hall–Kier alpha value is -0.640. The molecule has 98 valence electrons. The van der Waals surface area contributed by atoms with Gasteiger partial charge in [-0.2, -0.15) is 0 Å². The Morgan fingerprint density at radius 2 is 2.00 bits per heavy atom. The molecule has 1 amide bonds. The second-order valence-electron chi connectivity index (χ2n) is 6.28. The lowest BCUT2D eigenvalue weighted by atomic mass is 9.68. The molecule has 3 nitrogen and oxygen atoms in total. The Balaban J connectivity index is 2.53. The van der Waals surface area contributed by atoms with E-state index in [1.54, 1.807) is 0 Å². The monoisotopic (exact) mass is 256 g/mol. The molecule has 0 aromatic rings. The molecule has 0 bridgehead atoms. The summed E-state index contributed by atoms with van der Waals surface area (Å²) in [6.07, 6.45) is 2.65. The van der Waals surface area contributed by atoms with Crippen LogP contribution in [0.4, 0.5) is 0 Å². The third-order valence-electron chi connectivity index (χ3n) is 4.16. The maximum atomic E-state index is 12.1. The fourth-order valence-electron chi connectivity index (χ4n) is 1.84. The number of carbonyl (C=O) groups is 1. The Kier molecular flexibility index (Phi) is 4.18. The van der Waals surface area contributed by atoms with Crippen molar-refractivity contribution >= 4 is 23.1 Å². The number of thiocarbonyl (C=S) groups is 1. The van der Waals surface area contributed by atoms with Crippen LogP contribution in [0.15, 0.2) is 0 Å². The molecule has 1 unspecified atom stereocenters. The van der Waals surface area contributed by atoms with Crippen LogP contribution in [0.5, 0.6) is 0 Å². The van der Waals surface area contributed by atoms with Gasteiger partial charge in [0.2, 0.25) is 5.91 Å². The van der Waals surface area contributed by atoms with Crippen LogP contribution < -0.4 is 11.1 Å². The molecule has 17 heavy (non-hydrogen) atoms. The number of hydrogen-bond acceptors (Lipinski definition) is 2. The third kappa shape index (κ3) is 2.97. The number of nitrogens with one attached hydrogen (secondary N) is 1. The van der Waals surface area contributed by atoms with Gasteiger partial charge >= 0.3 is 0 Å². The SMILES string of the molecule is CC(CNC(=O)C1(C(N)=S)CCC1)C(C)(C)C. The average molecular weight is 256 g/mol. The lowest BCUT2D eigenvalue weighted by Gasteiger charge is -2.39. The fourth-order valence-corrected chi connectivity index (χ4v) is 2.13. The first kappa shape index (κ1) is 14.4. The normalized spacial score (nSPS) is 20.2. The molecular weight excluding hydrogens is 232 g/mol. The zero-order chi connectivity index (χ0) is 13.3. The van der Waals surface area contributed by atoms with Crippen LogP contribution in [0.1, 0.15) is 47.0 Å². The molecule has 0 spiro atoms. The van der Waals surface area contributed by atoms with Crippen LogP contribution in [-0.4, -0.2) is 17.4 Å². The van der Waals surface area contributed by atoms with E-state index in [1.807, 2.05) is 0 Å². The van der Waals surface area contributed by atoms with E-state index in [4.69, 9.17) is 18.0 Å². The van der Waals surface area contributed by atoms with Gasteiger partial charge in [0.1, 0.15) is 0 Å². The Morgan fingerprint density at radius 3 is 2.29 bits per heavy atom. The van der Waals surface area contributed by atoms with E-state index < -0.39 is 5.41 Å². The molecule has 0 heterocycles. The number of amides is 1. The van der Waals surface area contributed by atoms with Crippen molar-refractivity contribution in [3.8, 4) is 0 Å². The van der Waals surface area contributed by atoms with Crippen molar-refractivity contribution in [3.63, 3.8) is 0 Å². The van der Waals surface area contributed by atoms with Crippen molar-refractivity contribution in [1.29, 1.82) is 0 Å². The summed E-state index contributed by atoms with van der Waals surface area (Å²) in [6.45, 7) is 9.37. The van der Waals surface area contributed by atoms with Gasteiger partial charge in [-0.1, -0.05) is 46.3 Å².